The quantitative estimate of drug-likeness (QED) is 0.893. The fourth-order valence-electron chi connectivity index (χ4n) is 2.20. The summed E-state index contributed by atoms with van der Waals surface area (Å²) in [5.74, 6) is 0.0433. The van der Waals surface area contributed by atoms with Crippen molar-refractivity contribution in [1.82, 2.24) is 10.6 Å². The number of nitrogens with one attached hydrogen (secondary N) is 2. The van der Waals surface area contributed by atoms with Gasteiger partial charge < -0.3 is 15.4 Å². The first kappa shape index (κ1) is 17.0. The number of morpholine rings is 1. The molecule has 0 bridgehead atoms. The molecule has 2 atom stereocenters. The minimum Gasteiger partial charge on any atom is -0.375 e. The second-order valence-corrected chi connectivity index (χ2v) is 5.10. The lowest BCUT2D eigenvalue weighted by Crippen LogP contribution is -2.41. The molecule has 0 spiro atoms. The van der Waals surface area contributed by atoms with Crippen LogP contribution in [-0.2, 0) is 9.53 Å². The molecule has 0 aromatic heterocycles. The highest BCUT2D eigenvalue weighted by Crippen LogP contribution is 2.13. The van der Waals surface area contributed by atoms with Gasteiger partial charge in [-0.25, -0.2) is 0 Å². The number of hydrogen-bond acceptors (Lipinski definition) is 3. The Balaban J connectivity index is 0.00000200. The third-order valence-corrected chi connectivity index (χ3v) is 3.37. The number of amides is 1. The van der Waals surface area contributed by atoms with Crippen molar-refractivity contribution in [1.29, 1.82) is 0 Å². The zero-order valence-electron chi connectivity index (χ0n) is 12.0. The molecule has 2 unspecified atom stereocenters. The van der Waals surface area contributed by atoms with Crippen LogP contribution in [0.4, 0.5) is 0 Å². The Morgan fingerprint density at radius 3 is 2.75 bits per heavy atom. The molecule has 1 aliphatic heterocycles. The molecule has 0 aliphatic carbocycles. The number of carbonyl (C=O) groups excluding carboxylic acids is 1. The van der Waals surface area contributed by atoms with Crippen LogP contribution < -0.4 is 10.6 Å². The van der Waals surface area contributed by atoms with Gasteiger partial charge in [0.15, 0.2) is 0 Å². The minimum absolute atomic E-state index is 0. The van der Waals surface area contributed by atoms with E-state index in [1.54, 1.807) is 0 Å². The largest absolute Gasteiger partial charge is 0.375 e. The van der Waals surface area contributed by atoms with Crippen molar-refractivity contribution < 1.29 is 9.53 Å². The summed E-state index contributed by atoms with van der Waals surface area (Å²) < 4.78 is 5.53. The maximum absolute atomic E-state index is 11.9. The molecule has 1 amide bonds. The lowest BCUT2D eigenvalue weighted by Gasteiger charge is -2.24. The van der Waals surface area contributed by atoms with Crippen molar-refractivity contribution in [3.05, 3.63) is 35.4 Å². The number of benzene rings is 1. The predicted octanol–water partition coefficient (Wildman–Crippen LogP) is 1.97. The Kier molecular flexibility index (Phi) is 6.99. The zero-order valence-corrected chi connectivity index (χ0v) is 12.8. The first-order valence-corrected chi connectivity index (χ1v) is 6.83. The van der Waals surface area contributed by atoms with Gasteiger partial charge in [0.1, 0.15) is 0 Å². The molecular weight excluding hydrogens is 276 g/mol. The van der Waals surface area contributed by atoms with E-state index >= 15 is 0 Å². The highest BCUT2D eigenvalue weighted by Gasteiger charge is 2.18. The zero-order chi connectivity index (χ0) is 13.7. The Morgan fingerprint density at radius 1 is 1.45 bits per heavy atom. The van der Waals surface area contributed by atoms with Crippen LogP contribution in [0.5, 0.6) is 0 Å². The summed E-state index contributed by atoms with van der Waals surface area (Å²) in [6, 6.07) is 8.26. The van der Waals surface area contributed by atoms with Crippen molar-refractivity contribution in [2.75, 3.05) is 19.7 Å². The van der Waals surface area contributed by atoms with Crippen LogP contribution in [0.3, 0.4) is 0 Å². The average molecular weight is 299 g/mol. The Hall–Kier alpha value is -1.10. The number of hydrogen-bond donors (Lipinski definition) is 2. The van der Waals surface area contributed by atoms with Gasteiger partial charge in [0, 0.05) is 13.1 Å². The summed E-state index contributed by atoms with van der Waals surface area (Å²) in [6.45, 7) is 6.37. The average Bonchev–Trinajstić information content (AvgIpc) is 2.40. The standard InChI is InChI=1S/C15H22N2O2.ClH/c1-11-3-5-13(6-4-11)12(2)17-15(18)9-14-10-16-7-8-19-14;/h3-6,12,14,16H,7-10H2,1-2H3,(H,17,18);1H. The SMILES string of the molecule is Cc1ccc(C(C)NC(=O)CC2CNCCO2)cc1.Cl. The smallest absolute Gasteiger partial charge is 0.223 e. The molecule has 1 heterocycles. The van der Waals surface area contributed by atoms with Crippen molar-refractivity contribution >= 4 is 18.3 Å². The Bertz CT molecular complexity index is 416. The molecule has 1 aliphatic rings. The number of ether oxygens (including phenoxy) is 1. The van der Waals surface area contributed by atoms with Crippen molar-refractivity contribution in [2.45, 2.75) is 32.4 Å². The fourth-order valence-corrected chi connectivity index (χ4v) is 2.20. The van der Waals surface area contributed by atoms with E-state index in [0.29, 0.717) is 13.0 Å². The molecule has 5 heteroatoms. The summed E-state index contributed by atoms with van der Waals surface area (Å²) in [7, 11) is 0. The van der Waals surface area contributed by atoms with Crippen molar-refractivity contribution in [2.24, 2.45) is 0 Å². The van der Waals surface area contributed by atoms with Gasteiger partial charge in [-0.3, -0.25) is 4.79 Å². The third-order valence-electron chi connectivity index (χ3n) is 3.37. The highest BCUT2D eigenvalue weighted by molar-refractivity contribution is 5.85. The van der Waals surface area contributed by atoms with Gasteiger partial charge in [0.2, 0.25) is 5.91 Å². The molecule has 112 valence electrons. The van der Waals surface area contributed by atoms with Gasteiger partial charge in [-0.15, -0.1) is 12.4 Å². The summed E-state index contributed by atoms with van der Waals surface area (Å²) in [5, 5.41) is 6.24. The highest BCUT2D eigenvalue weighted by atomic mass is 35.5. The van der Waals surface area contributed by atoms with E-state index in [1.807, 2.05) is 6.92 Å². The lowest BCUT2D eigenvalue weighted by molar-refractivity contribution is -0.125. The molecule has 2 rings (SSSR count). The molecule has 4 nitrogen and oxygen atoms in total. The molecule has 0 saturated carbocycles. The summed E-state index contributed by atoms with van der Waals surface area (Å²) in [4.78, 5) is 11.9. The first-order chi connectivity index (χ1) is 9.15. The second-order valence-electron chi connectivity index (χ2n) is 5.10. The Labute approximate surface area is 126 Å². The molecule has 20 heavy (non-hydrogen) atoms. The Morgan fingerprint density at radius 2 is 2.15 bits per heavy atom. The number of carbonyl (C=O) groups is 1. The van der Waals surface area contributed by atoms with Crippen molar-refractivity contribution in [3.8, 4) is 0 Å². The minimum atomic E-state index is -0.000956. The van der Waals surface area contributed by atoms with Crippen LogP contribution in [-0.4, -0.2) is 31.7 Å². The van der Waals surface area contributed by atoms with Gasteiger partial charge in [-0.1, -0.05) is 29.8 Å². The van der Waals surface area contributed by atoms with Crippen LogP contribution in [0.1, 0.15) is 30.5 Å². The van der Waals surface area contributed by atoms with E-state index in [1.165, 1.54) is 5.56 Å². The lowest BCUT2D eigenvalue weighted by atomic mass is 10.1. The topological polar surface area (TPSA) is 50.4 Å². The molecule has 1 fully saturated rings. The summed E-state index contributed by atoms with van der Waals surface area (Å²) in [5.41, 5.74) is 2.35. The molecule has 1 saturated heterocycles. The van der Waals surface area contributed by atoms with Crippen LogP contribution in [0, 0.1) is 6.92 Å². The maximum atomic E-state index is 11.9. The fraction of sp³-hybridized carbons (Fsp3) is 0.533. The number of halogens is 1. The second kappa shape index (κ2) is 8.25. The van der Waals surface area contributed by atoms with Gasteiger partial charge in [-0.2, -0.15) is 0 Å². The molecule has 1 aromatic rings. The van der Waals surface area contributed by atoms with Crippen LogP contribution >= 0.6 is 12.4 Å². The number of rotatable bonds is 4. The molecule has 1 aromatic carbocycles. The third kappa shape index (κ3) is 5.12. The van der Waals surface area contributed by atoms with E-state index in [-0.39, 0.29) is 30.5 Å². The van der Waals surface area contributed by atoms with Crippen LogP contribution in [0.15, 0.2) is 24.3 Å². The van der Waals surface area contributed by atoms with E-state index in [2.05, 4.69) is 41.8 Å². The van der Waals surface area contributed by atoms with Crippen LogP contribution in [0.2, 0.25) is 0 Å². The monoisotopic (exact) mass is 298 g/mol. The molecule has 2 N–H and O–H groups in total. The molecule has 0 radical (unpaired) electrons. The van der Waals surface area contributed by atoms with Crippen LogP contribution in [0.25, 0.3) is 0 Å². The van der Waals surface area contributed by atoms with E-state index in [9.17, 15) is 4.79 Å². The normalized spacial score (nSPS) is 19.8. The van der Waals surface area contributed by atoms with Gasteiger partial charge >= 0.3 is 0 Å². The van der Waals surface area contributed by atoms with E-state index in [4.69, 9.17) is 4.74 Å². The maximum Gasteiger partial charge on any atom is 0.223 e. The van der Waals surface area contributed by atoms with Gasteiger partial charge in [-0.05, 0) is 19.4 Å². The predicted molar refractivity (Wildman–Crippen MR) is 82.2 cm³/mol. The number of aryl methyl sites for hydroxylation is 1. The van der Waals surface area contributed by atoms with E-state index in [0.717, 1.165) is 18.7 Å². The molecular formula is C15H23ClN2O2. The summed E-state index contributed by atoms with van der Waals surface area (Å²) >= 11 is 0. The van der Waals surface area contributed by atoms with Gasteiger partial charge in [0.25, 0.3) is 0 Å². The van der Waals surface area contributed by atoms with Gasteiger partial charge in [0.05, 0.1) is 25.2 Å². The summed E-state index contributed by atoms with van der Waals surface area (Å²) in [6.07, 6.45) is 0.419. The van der Waals surface area contributed by atoms with E-state index < -0.39 is 0 Å². The van der Waals surface area contributed by atoms with Crippen molar-refractivity contribution in [3.63, 3.8) is 0 Å². The first-order valence-electron chi connectivity index (χ1n) is 6.83.